The van der Waals surface area contributed by atoms with E-state index in [1.54, 1.807) is 20.2 Å². The van der Waals surface area contributed by atoms with Gasteiger partial charge in [0.15, 0.2) is 5.03 Å². The number of hydrogen-bond acceptors (Lipinski definition) is 8. The second kappa shape index (κ2) is 8.41. The van der Waals surface area contributed by atoms with E-state index in [2.05, 4.69) is 25.4 Å². The summed E-state index contributed by atoms with van der Waals surface area (Å²) in [7, 11) is -2.05. The summed E-state index contributed by atoms with van der Waals surface area (Å²) >= 11 is 1.12. The molecule has 9 nitrogen and oxygen atoms in total. The van der Waals surface area contributed by atoms with Gasteiger partial charge in [-0.2, -0.15) is 22.6 Å². The molecule has 0 bridgehead atoms. The highest BCUT2D eigenvalue weighted by Crippen LogP contribution is 2.38. The van der Waals surface area contributed by atoms with Crippen molar-refractivity contribution in [2.75, 3.05) is 18.4 Å². The summed E-state index contributed by atoms with van der Waals surface area (Å²) in [5, 5.41) is 7.63. The van der Waals surface area contributed by atoms with Gasteiger partial charge < -0.3 is 5.32 Å². The number of rotatable bonds is 5. The van der Waals surface area contributed by atoms with E-state index in [4.69, 9.17) is 0 Å². The number of piperidine rings is 1. The zero-order chi connectivity index (χ0) is 23.1. The Bertz CT molecular complexity index is 1220. The van der Waals surface area contributed by atoms with Crippen molar-refractivity contribution in [2.45, 2.75) is 37.0 Å². The van der Waals surface area contributed by atoms with Crippen molar-refractivity contribution in [1.82, 2.24) is 29.0 Å². The first kappa shape index (κ1) is 22.6. The molecular formula is C18H20F3N7O2S2. The predicted molar refractivity (Wildman–Crippen MR) is 111 cm³/mol. The minimum Gasteiger partial charge on any atom is -0.351 e. The summed E-state index contributed by atoms with van der Waals surface area (Å²) in [5.74, 6) is 0.0603. The van der Waals surface area contributed by atoms with Crippen molar-refractivity contribution in [3.8, 4) is 10.6 Å². The van der Waals surface area contributed by atoms with Crippen molar-refractivity contribution < 1.29 is 21.6 Å². The van der Waals surface area contributed by atoms with Crippen molar-refractivity contribution in [3.05, 3.63) is 35.2 Å². The van der Waals surface area contributed by atoms with Crippen LogP contribution in [0.1, 0.15) is 23.4 Å². The maximum absolute atomic E-state index is 13.4. The second-order valence-electron chi connectivity index (χ2n) is 7.35. The first-order valence-electron chi connectivity index (χ1n) is 9.67. The summed E-state index contributed by atoms with van der Waals surface area (Å²) in [6.45, 7) is 2.20. The van der Waals surface area contributed by atoms with Gasteiger partial charge >= 0.3 is 6.18 Å². The molecule has 172 valence electrons. The Morgan fingerprint density at radius 3 is 2.47 bits per heavy atom. The van der Waals surface area contributed by atoms with E-state index < -0.39 is 21.8 Å². The van der Waals surface area contributed by atoms with Crippen LogP contribution < -0.4 is 5.32 Å². The minimum absolute atomic E-state index is 0.0121. The van der Waals surface area contributed by atoms with Crippen LogP contribution in [0.2, 0.25) is 0 Å². The zero-order valence-electron chi connectivity index (χ0n) is 17.2. The Morgan fingerprint density at radius 1 is 1.19 bits per heavy atom. The Hall–Kier alpha value is -2.58. The van der Waals surface area contributed by atoms with Crippen LogP contribution in [-0.4, -0.2) is 56.6 Å². The molecule has 1 aliphatic rings. The Labute approximate surface area is 186 Å². The molecular weight excluding hydrogens is 467 g/mol. The lowest BCUT2D eigenvalue weighted by molar-refractivity contribution is -0.137. The lowest BCUT2D eigenvalue weighted by Gasteiger charge is -2.31. The van der Waals surface area contributed by atoms with E-state index in [0.717, 1.165) is 17.5 Å². The van der Waals surface area contributed by atoms with Crippen LogP contribution >= 0.6 is 11.3 Å². The van der Waals surface area contributed by atoms with Crippen LogP contribution in [0.3, 0.4) is 0 Å². The van der Waals surface area contributed by atoms with Crippen molar-refractivity contribution in [2.24, 2.45) is 7.05 Å². The predicted octanol–water partition coefficient (Wildman–Crippen LogP) is 2.93. The molecule has 0 aromatic carbocycles. The van der Waals surface area contributed by atoms with Gasteiger partial charge in [-0.1, -0.05) is 0 Å². The van der Waals surface area contributed by atoms with Crippen molar-refractivity contribution in [1.29, 1.82) is 0 Å². The fraction of sp³-hybridized carbons (Fsp3) is 0.444. The van der Waals surface area contributed by atoms with Crippen molar-refractivity contribution >= 4 is 27.3 Å². The zero-order valence-corrected chi connectivity index (χ0v) is 18.8. The highest BCUT2D eigenvalue weighted by atomic mass is 32.2. The molecule has 0 amide bonds. The van der Waals surface area contributed by atoms with Gasteiger partial charge in [-0.3, -0.25) is 4.68 Å². The largest absolute Gasteiger partial charge is 0.420 e. The molecule has 0 saturated carbocycles. The standard InChI is InChI=1S/C18H20F3N7O2S2/c1-11-22-10-14(31-11)16-13(18(19,20)21)9-23-17(25-16)24-12-3-7-28(8-4-12)32(29,30)15-5-6-27(2)26-15/h5-6,9-10,12H,3-4,7-8H2,1-2H3,(H,23,24,25). The van der Waals surface area contributed by atoms with Gasteiger partial charge in [0.05, 0.1) is 15.6 Å². The van der Waals surface area contributed by atoms with Crippen LogP contribution in [0.15, 0.2) is 29.7 Å². The van der Waals surface area contributed by atoms with Gasteiger partial charge in [-0.15, -0.1) is 11.3 Å². The Morgan fingerprint density at radius 2 is 1.91 bits per heavy atom. The lowest BCUT2D eigenvalue weighted by atomic mass is 10.1. The van der Waals surface area contributed by atoms with E-state index in [1.165, 1.54) is 21.3 Å². The normalized spacial score (nSPS) is 16.4. The lowest BCUT2D eigenvalue weighted by Crippen LogP contribution is -2.42. The van der Waals surface area contributed by atoms with E-state index >= 15 is 0 Å². The summed E-state index contributed by atoms with van der Waals surface area (Å²) in [5.41, 5.74) is -1.15. The Kier molecular flexibility index (Phi) is 5.94. The number of aryl methyl sites for hydroxylation is 2. The first-order valence-corrected chi connectivity index (χ1v) is 11.9. The molecule has 0 atom stereocenters. The monoisotopic (exact) mass is 487 g/mol. The summed E-state index contributed by atoms with van der Waals surface area (Å²) in [6.07, 6.45) is -0.0121. The van der Waals surface area contributed by atoms with E-state index in [-0.39, 0.29) is 35.8 Å². The molecule has 14 heteroatoms. The van der Waals surface area contributed by atoms with Gasteiger partial charge in [0, 0.05) is 44.8 Å². The van der Waals surface area contributed by atoms with E-state index in [0.29, 0.717) is 22.7 Å². The third-order valence-corrected chi connectivity index (χ3v) is 7.74. The SMILES string of the molecule is Cc1ncc(-c2nc(NC3CCN(S(=O)(=O)c4ccn(C)n4)CC3)ncc2C(F)(F)F)s1. The van der Waals surface area contributed by atoms with Crippen LogP contribution in [0.4, 0.5) is 19.1 Å². The third kappa shape index (κ3) is 4.61. The van der Waals surface area contributed by atoms with Crippen molar-refractivity contribution in [3.63, 3.8) is 0 Å². The quantitative estimate of drug-likeness (QED) is 0.590. The third-order valence-electron chi connectivity index (χ3n) is 5.03. The van der Waals surface area contributed by atoms with E-state index in [1.807, 2.05) is 0 Å². The maximum atomic E-state index is 13.4. The average molecular weight is 488 g/mol. The molecule has 0 unspecified atom stereocenters. The fourth-order valence-corrected chi connectivity index (χ4v) is 5.61. The minimum atomic E-state index is -4.60. The summed E-state index contributed by atoms with van der Waals surface area (Å²) in [4.78, 5) is 12.3. The number of hydrogen-bond donors (Lipinski definition) is 1. The molecule has 1 aliphatic heterocycles. The molecule has 1 saturated heterocycles. The molecule has 0 radical (unpaired) electrons. The van der Waals surface area contributed by atoms with E-state index in [9.17, 15) is 21.6 Å². The number of sulfonamides is 1. The average Bonchev–Trinajstić information content (AvgIpc) is 3.36. The number of alkyl halides is 3. The number of anilines is 1. The number of nitrogens with zero attached hydrogens (tertiary/aromatic N) is 6. The topological polar surface area (TPSA) is 106 Å². The molecule has 0 spiro atoms. The molecule has 4 rings (SSSR count). The second-order valence-corrected chi connectivity index (χ2v) is 10.5. The maximum Gasteiger partial charge on any atom is 0.420 e. The van der Waals surface area contributed by atoms with Crippen LogP contribution in [0.5, 0.6) is 0 Å². The smallest absolute Gasteiger partial charge is 0.351 e. The first-order chi connectivity index (χ1) is 15.0. The van der Waals surface area contributed by atoms with Crippen LogP contribution in [-0.2, 0) is 23.2 Å². The van der Waals surface area contributed by atoms with Gasteiger partial charge in [-0.05, 0) is 25.8 Å². The molecule has 3 aromatic rings. The Balaban J connectivity index is 1.48. The fourth-order valence-electron chi connectivity index (χ4n) is 3.40. The number of aromatic nitrogens is 5. The van der Waals surface area contributed by atoms with Gasteiger partial charge in [0.2, 0.25) is 5.95 Å². The molecule has 32 heavy (non-hydrogen) atoms. The summed E-state index contributed by atoms with van der Waals surface area (Å²) in [6, 6.07) is 1.26. The molecule has 0 aliphatic carbocycles. The molecule has 4 heterocycles. The van der Waals surface area contributed by atoms with Crippen LogP contribution in [0.25, 0.3) is 10.6 Å². The number of thiazole rings is 1. The molecule has 3 aromatic heterocycles. The highest BCUT2D eigenvalue weighted by molar-refractivity contribution is 7.89. The number of halogens is 3. The number of nitrogens with one attached hydrogen (secondary N) is 1. The van der Waals surface area contributed by atoms with Gasteiger partial charge in [-0.25, -0.2) is 23.4 Å². The van der Waals surface area contributed by atoms with Crippen LogP contribution in [0, 0.1) is 6.92 Å². The van der Waals surface area contributed by atoms with Gasteiger partial charge in [0.25, 0.3) is 10.0 Å². The highest BCUT2D eigenvalue weighted by Gasteiger charge is 2.36. The summed E-state index contributed by atoms with van der Waals surface area (Å²) < 4.78 is 68.5. The molecule has 1 N–H and O–H groups in total. The molecule has 1 fully saturated rings. The van der Waals surface area contributed by atoms with Gasteiger partial charge in [0.1, 0.15) is 5.56 Å².